The zero-order valence-corrected chi connectivity index (χ0v) is 15.8. The van der Waals surface area contributed by atoms with Crippen molar-refractivity contribution in [2.75, 3.05) is 19.2 Å². The number of carbonyl (C=O) groups excluding carboxylic acids is 1. The average Bonchev–Trinajstić information content (AvgIpc) is 3.40. The van der Waals surface area contributed by atoms with Crippen LogP contribution in [0.15, 0.2) is 48.5 Å². The van der Waals surface area contributed by atoms with Gasteiger partial charge in [0, 0.05) is 5.69 Å². The lowest BCUT2D eigenvalue weighted by Crippen LogP contribution is -2.22. The van der Waals surface area contributed by atoms with E-state index in [1.165, 1.54) is 0 Å². The molecule has 3 heterocycles. The minimum Gasteiger partial charge on any atom is -0.497 e. The SMILES string of the molecule is COc1ccc(NC(=O)c2cc3n(n2)CC(c2ccc4c(c2)OCO4)OC3)cc1. The van der Waals surface area contributed by atoms with Crippen molar-refractivity contribution in [2.45, 2.75) is 19.3 Å². The number of rotatable bonds is 4. The first-order chi connectivity index (χ1) is 14.2. The molecular formula is C21H19N3O5. The van der Waals surface area contributed by atoms with E-state index in [-0.39, 0.29) is 18.8 Å². The van der Waals surface area contributed by atoms with Gasteiger partial charge in [-0.2, -0.15) is 5.10 Å². The smallest absolute Gasteiger partial charge is 0.276 e. The Morgan fingerprint density at radius 3 is 2.79 bits per heavy atom. The Kier molecular flexibility index (Phi) is 4.33. The van der Waals surface area contributed by atoms with Crippen LogP contribution >= 0.6 is 0 Å². The van der Waals surface area contributed by atoms with Gasteiger partial charge in [-0.1, -0.05) is 6.07 Å². The van der Waals surface area contributed by atoms with Crippen LogP contribution in [0.1, 0.15) is 27.8 Å². The van der Waals surface area contributed by atoms with Gasteiger partial charge in [-0.3, -0.25) is 9.48 Å². The Bertz CT molecular complexity index is 1060. The lowest BCUT2D eigenvalue weighted by atomic mass is 10.1. The first-order valence-corrected chi connectivity index (χ1v) is 9.23. The van der Waals surface area contributed by atoms with E-state index in [4.69, 9.17) is 18.9 Å². The Morgan fingerprint density at radius 1 is 1.14 bits per heavy atom. The molecule has 0 saturated carbocycles. The summed E-state index contributed by atoms with van der Waals surface area (Å²) in [7, 11) is 1.60. The predicted octanol–water partition coefficient (Wildman–Crippen LogP) is 3.14. The quantitative estimate of drug-likeness (QED) is 0.733. The molecule has 0 bridgehead atoms. The molecule has 29 heavy (non-hydrogen) atoms. The highest BCUT2D eigenvalue weighted by Crippen LogP contribution is 2.36. The van der Waals surface area contributed by atoms with Gasteiger partial charge in [-0.05, 0) is 48.0 Å². The summed E-state index contributed by atoms with van der Waals surface area (Å²) < 4.78 is 23.7. The number of amides is 1. The standard InChI is InChI=1S/C21H19N3O5/c1-26-16-5-3-14(4-6-16)22-21(25)17-9-15-11-27-20(10-24(15)23-17)13-2-7-18-19(8-13)29-12-28-18/h2-9,20H,10-12H2,1H3,(H,22,25). The van der Waals surface area contributed by atoms with E-state index in [1.54, 1.807) is 37.4 Å². The molecule has 2 aliphatic rings. The number of fused-ring (bicyclic) bond motifs is 2. The molecule has 148 valence electrons. The third kappa shape index (κ3) is 3.38. The Balaban J connectivity index is 1.30. The number of carbonyl (C=O) groups is 1. The highest BCUT2D eigenvalue weighted by molar-refractivity contribution is 6.02. The molecule has 1 aromatic heterocycles. The van der Waals surface area contributed by atoms with Crippen molar-refractivity contribution in [1.82, 2.24) is 9.78 Å². The lowest BCUT2D eigenvalue weighted by molar-refractivity contribution is -0.00127. The number of nitrogens with zero attached hydrogens (tertiary/aromatic N) is 2. The molecule has 5 rings (SSSR count). The van der Waals surface area contributed by atoms with Crippen LogP contribution in [0.2, 0.25) is 0 Å². The van der Waals surface area contributed by atoms with E-state index in [1.807, 2.05) is 22.9 Å². The summed E-state index contributed by atoms with van der Waals surface area (Å²) >= 11 is 0. The molecule has 8 heteroatoms. The number of hydrogen-bond acceptors (Lipinski definition) is 6. The molecule has 1 N–H and O–H groups in total. The summed E-state index contributed by atoms with van der Waals surface area (Å²) in [4.78, 5) is 12.6. The van der Waals surface area contributed by atoms with Gasteiger partial charge >= 0.3 is 0 Å². The van der Waals surface area contributed by atoms with Crippen LogP contribution in [0.4, 0.5) is 5.69 Å². The number of aromatic nitrogens is 2. The maximum absolute atomic E-state index is 12.6. The summed E-state index contributed by atoms with van der Waals surface area (Å²) in [5.74, 6) is 1.92. The minimum atomic E-state index is -0.267. The fourth-order valence-corrected chi connectivity index (χ4v) is 3.42. The molecule has 0 aliphatic carbocycles. The summed E-state index contributed by atoms with van der Waals surface area (Å²) in [5, 5.41) is 7.32. The number of anilines is 1. The maximum atomic E-state index is 12.6. The highest BCUT2D eigenvalue weighted by Gasteiger charge is 2.26. The highest BCUT2D eigenvalue weighted by atomic mass is 16.7. The van der Waals surface area contributed by atoms with E-state index in [0.717, 1.165) is 28.5 Å². The zero-order valence-electron chi connectivity index (χ0n) is 15.8. The second kappa shape index (κ2) is 7.14. The first kappa shape index (κ1) is 17.6. The Hall–Kier alpha value is -3.52. The summed E-state index contributed by atoms with van der Waals surface area (Å²) in [5.41, 5.74) is 2.88. The summed E-state index contributed by atoms with van der Waals surface area (Å²) in [6.07, 6.45) is -0.172. The molecule has 2 aliphatic heterocycles. The van der Waals surface area contributed by atoms with Crippen molar-refractivity contribution in [3.05, 3.63) is 65.5 Å². The monoisotopic (exact) mass is 393 g/mol. The number of methoxy groups -OCH3 is 1. The topological polar surface area (TPSA) is 83.8 Å². The van der Waals surface area contributed by atoms with Gasteiger partial charge in [-0.25, -0.2) is 0 Å². The fourth-order valence-electron chi connectivity index (χ4n) is 3.42. The number of benzene rings is 2. The average molecular weight is 393 g/mol. The second-order valence-electron chi connectivity index (χ2n) is 6.80. The van der Waals surface area contributed by atoms with Crippen molar-refractivity contribution < 1.29 is 23.7 Å². The van der Waals surface area contributed by atoms with E-state index in [2.05, 4.69) is 10.4 Å². The van der Waals surface area contributed by atoms with E-state index in [9.17, 15) is 4.79 Å². The van der Waals surface area contributed by atoms with Crippen molar-refractivity contribution in [3.63, 3.8) is 0 Å². The van der Waals surface area contributed by atoms with E-state index < -0.39 is 0 Å². The van der Waals surface area contributed by atoms with Gasteiger partial charge in [0.1, 0.15) is 11.9 Å². The van der Waals surface area contributed by atoms with Gasteiger partial charge in [0.25, 0.3) is 5.91 Å². The van der Waals surface area contributed by atoms with Crippen LogP contribution in [0.25, 0.3) is 0 Å². The molecule has 0 radical (unpaired) electrons. The van der Waals surface area contributed by atoms with Gasteiger partial charge in [0.05, 0.1) is 26.0 Å². The van der Waals surface area contributed by atoms with Gasteiger partial charge in [0.2, 0.25) is 6.79 Å². The molecule has 0 spiro atoms. The van der Waals surface area contributed by atoms with Gasteiger partial charge in [-0.15, -0.1) is 0 Å². The fraction of sp³-hybridized carbons (Fsp3) is 0.238. The molecule has 2 aromatic carbocycles. The lowest BCUT2D eigenvalue weighted by Gasteiger charge is -2.24. The van der Waals surface area contributed by atoms with Crippen molar-refractivity contribution >= 4 is 11.6 Å². The molecule has 1 unspecified atom stereocenters. The Morgan fingerprint density at radius 2 is 1.97 bits per heavy atom. The van der Waals surface area contributed by atoms with E-state index >= 15 is 0 Å². The minimum absolute atomic E-state index is 0.172. The molecule has 0 fully saturated rings. The van der Waals surface area contributed by atoms with Gasteiger partial charge < -0.3 is 24.3 Å². The van der Waals surface area contributed by atoms with Crippen LogP contribution in [-0.4, -0.2) is 29.6 Å². The van der Waals surface area contributed by atoms with Crippen molar-refractivity contribution in [3.8, 4) is 17.2 Å². The third-order valence-electron chi connectivity index (χ3n) is 4.98. The maximum Gasteiger partial charge on any atom is 0.276 e. The number of ether oxygens (including phenoxy) is 4. The molecule has 1 amide bonds. The first-order valence-electron chi connectivity index (χ1n) is 9.23. The van der Waals surface area contributed by atoms with Crippen LogP contribution < -0.4 is 19.5 Å². The molecule has 3 aromatic rings. The summed E-state index contributed by atoms with van der Waals surface area (Å²) in [6, 6.07) is 14.7. The Labute approximate surface area is 166 Å². The third-order valence-corrected chi connectivity index (χ3v) is 4.98. The predicted molar refractivity (Wildman–Crippen MR) is 103 cm³/mol. The largest absolute Gasteiger partial charge is 0.497 e. The van der Waals surface area contributed by atoms with Crippen molar-refractivity contribution in [2.24, 2.45) is 0 Å². The normalized spacial score (nSPS) is 16.9. The van der Waals surface area contributed by atoms with Gasteiger partial charge in [0.15, 0.2) is 17.2 Å². The number of nitrogens with one attached hydrogen (secondary N) is 1. The van der Waals surface area contributed by atoms with Crippen molar-refractivity contribution in [1.29, 1.82) is 0 Å². The zero-order chi connectivity index (χ0) is 19.8. The second-order valence-corrected chi connectivity index (χ2v) is 6.80. The summed E-state index contributed by atoms with van der Waals surface area (Å²) in [6.45, 7) is 1.13. The van der Waals surface area contributed by atoms with Crippen LogP contribution in [0.3, 0.4) is 0 Å². The molecule has 8 nitrogen and oxygen atoms in total. The molecule has 1 atom stereocenters. The van der Waals surface area contributed by atoms with Crippen LogP contribution in [0.5, 0.6) is 17.2 Å². The van der Waals surface area contributed by atoms with E-state index in [0.29, 0.717) is 24.5 Å². The molecular weight excluding hydrogens is 374 g/mol. The van der Waals surface area contributed by atoms with Crippen LogP contribution in [0, 0.1) is 0 Å². The van der Waals surface area contributed by atoms with Crippen LogP contribution in [-0.2, 0) is 17.9 Å². The molecule has 0 saturated heterocycles. The number of hydrogen-bond donors (Lipinski definition) is 1.